The fourth-order valence-corrected chi connectivity index (χ4v) is 5.66. The van der Waals surface area contributed by atoms with Crippen molar-refractivity contribution in [3.8, 4) is 34.1 Å². The molecule has 0 aliphatic rings. The molecule has 6 rings (SSSR count). The maximum Gasteiger partial charge on any atom is 0.416 e. The summed E-state index contributed by atoms with van der Waals surface area (Å²) in [4.78, 5) is 17.5. The van der Waals surface area contributed by atoms with Gasteiger partial charge in [-0.1, -0.05) is 12.1 Å². The van der Waals surface area contributed by atoms with Crippen molar-refractivity contribution in [1.82, 2.24) is 24.4 Å². The normalized spacial score (nSPS) is 11.8. The fourth-order valence-electron chi connectivity index (χ4n) is 5.03. The Morgan fingerprint density at radius 2 is 1.72 bits per heavy atom. The van der Waals surface area contributed by atoms with Crippen LogP contribution in [0.4, 0.5) is 19.1 Å². The number of benzene rings is 3. The minimum Gasteiger partial charge on any atom is -0.289 e. The highest BCUT2D eigenvalue weighted by Crippen LogP contribution is 2.38. The predicted octanol–water partition coefficient (Wildman–Crippen LogP) is 6.10. The van der Waals surface area contributed by atoms with Crippen molar-refractivity contribution in [2.45, 2.75) is 18.0 Å². The van der Waals surface area contributed by atoms with Crippen molar-refractivity contribution in [3.63, 3.8) is 0 Å². The second-order valence-electron chi connectivity index (χ2n) is 10.4. The van der Waals surface area contributed by atoms with Gasteiger partial charge in [0.1, 0.15) is 0 Å². The van der Waals surface area contributed by atoms with E-state index in [9.17, 15) is 31.6 Å². The summed E-state index contributed by atoms with van der Waals surface area (Å²) in [5.74, 6) is -0.741. The number of nitrogens with zero attached hydrogens (tertiary/aromatic N) is 6. The van der Waals surface area contributed by atoms with Crippen LogP contribution in [0.2, 0.25) is 0 Å². The number of alkyl halides is 3. The van der Waals surface area contributed by atoms with Gasteiger partial charge in [-0.25, -0.2) is 17.6 Å². The molecule has 0 unspecified atom stereocenters. The lowest BCUT2D eigenvalue weighted by Gasteiger charge is -2.16. The number of nitriles is 1. The van der Waals surface area contributed by atoms with E-state index < -0.39 is 27.5 Å². The first-order valence-corrected chi connectivity index (χ1v) is 15.5. The topological polar surface area (TPSA) is 135 Å². The lowest BCUT2D eigenvalue weighted by Crippen LogP contribution is -2.13. The average Bonchev–Trinajstić information content (AvgIpc) is 3.67. The van der Waals surface area contributed by atoms with Gasteiger partial charge < -0.3 is 0 Å². The van der Waals surface area contributed by atoms with Gasteiger partial charge in [0.25, 0.3) is 5.91 Å². The first-order chi connectivity index (χ1) is 21.8. The second kappa shape index (κ2) is 11.3. The third kappa shape index (κ3) is 5.71. The van der Waals surface area contributed by atoms with Gasteiger partial charge in [-0.15, -0.1) is 5.10 Å². The molecule has 0 saturated carbocycles. The molecule has 14 heteroatoms. The molecular weight excluding hydrogens is 619 g/mol. The maximum absolute atomic E-state index is 13.7. The van der Waals surface area contributed by atoms with E-state index in [-0.39, 0.29) is 27.6 Å². The quantitative estimate of drug-likeness (QED) is 0.232. The summed E-state index contributed by atoms with van der Waals surface area (Å²) >= 11 is 0. The Balaban J connectivity index is 1.49. The molecular formula is C32H22F3N7O3S. The Bertz CT molecular complexity index is 2290. The van der Waals surface area contributed by atoms with Gasteiger partial charge in [0, 0.05) is 29.1 Å². The summed E-state index contributed by atoms with van der Waals surface area (Å²) in [5, 5.41) is 20.6. The van der Waals surface area contributed by atoms with Gasteiger partial charge >= 0.3 is 6.18 Å². The molecule has 6 aromatic rings. The summed E-state index contributed by atoms with van der Waals surface area (Å²) in [5.41, 5.74) is 2.90. The zero-order valence-electron chi connectivity index (χ0n) is 24.1. The van der Waals surface area contributed by atoms with Crippen LogP contribution < -0.4 is 5.32 Å². The van der Waals surface area contributed by atoms with E-state index in [0.29, 0.717) is 33.6 Å². The summed E-state index contributed by atoms with van der Waals surface area (Å²) < 4.78 is 67.8. The lowest BCUT2D eigenvalue weighted by atomic mass is 9.95. The van der Waals surface area contributed by atoms with Gasteiger partial charge in [0.2, 0.25) is 5.95 Å². The van der Waals surface area contributed by atoms with Gasteiger partial charge in [-0.3, -0.25) is 10.1 Å². The van der Waals surface area contributed by atoms with Crippen LogP contribution >= 0.6 is 0 Å². The van der Waals surface area contributed by atoms with E-state index in [2.05, 4.69) is 26.6 Å². The van der Waals surface area contributed by atoms with Crippen LogP contribution in [-0.2, 0) is 16.0 Å². The molecule has 0 saturated heterocycles. The monoisotopic (exact) mass is 641 g/mol. The molecule has 1 N–H and O–H groups in total. The zero-order chi connectivity index (χ0) is 32.8. The fraction of sp³-hybridized carbons (Fsp3) is 0.0938. The number of hydrogen-bond acceptors (Lipinski definition) is 7. The number of carbonyl (C=O) groups is 1. The van der Waals surface area contributed by atoms with E-state index in [0.717, 1.165) is 18.4 Å². The highest BCUT2D eigenvalue weighted by atomic mass is 32.2. The van der Waals surface area contributed by atoms with E-state index in [1.165, 1.54) is 40.9 Å². The molecule has 10 nitrogen and oxygen atoms in total. The van der Waals surface area contributed by atoms with Crippen molar-refractivity contribution in [3.05, 3.63) is 114 Å². The summed E-state index contributed by atoms with van der Waals surface area (Å²) in [7, 11) is -3.47. The number of carbonyl (C=O) groups excluding carboxylic acids is 1. The van der Waals surface area contributed by atoms with Crippen LogP contribution in [0.25, 0.3) is 33.7 Å². The molecule has 1 amide bonds. The van der Waals surface area contributed by atoms with Crippen molar-refractivity contribution < 1.29 is 26.4 Å². The van der Waals surface area contributed by atoms with E-state index in [1.54, 1.807) is 54.3 Å². The third-order valence-corrected chi connectivity index (χ3v) is 8.42. The zero-order valence-corrected chi connectivity index (χ0v) is 24.9. The second-order valence-corrected chi connectivity index (χ2v) is 12.4. The molecule has 0 atom stereocenters. The van der Waals surface area contributed by atoms with Crippen LogP contribution in [0.3, 0.4) is 0 Å². The number of anilines is 1. The number of pyridine rings is 1. The SMILES string of the molecule is Cc1c(-c2ccnn2-c2ccc(C#N)cc2)cn2nc(NC(=O)c3ccc(S(C)(=O)=O)cc3)nc2c1-c1cccc(C(F)(F)F)c1. The predicted molar refractivity (Wildman–Crippen MR) is 163 cm³/mol. The molecule has 0 bridgehead atoms. The van der Waals surface area contributed by atoms with Gasteiger partial charge in [-0.05, 0) is 84.8 Å². The minimum atomic E-state index is -4.59. The molecule has 230 valence electrons. The molecule has 0 radical (unpaired) electrons. The number of fused-ring (bicyclic) bond motifs is 1. The summed E-state index contributed by atoms with van der Waals surface area (Å²) in [6, 6.07) is 20.7. The van der Waals surface area contributed by atoms with Crippen molar-refractivity contribution in [1.29, 1.82) is 5.26 Å². The van der Waals surface area contributed by atoms with Crippen LogP contribution in [0.5, 0.6) is 0 Å². The van der Waals surface area contributed by atoms with Crippen molar-refractivity contribution in [2.75, 3.05) is 11.6 Å². The van der Waals surface area contributed by atoms with Crippen molar-refractivity contribution >= 4 is 27.3 Å². The van der Waals surface area contributed by atoms with Crippen molar-refractivity contribution in [2.24, 2.45) is 0 Å². The lowest BCUT2D eigenvalue weighted by molar-refractivity contribution is -0.137. The number of nitrogens with one attached hydrogen (secondary N) is 1. The summed E-state index contributed by atoms with van der Waals surface area (Å²) in [6.07, 6.45) is -0.324. The Labute approximate surface area is 260 Å². The smallest absolute Gasteiger partial charge is 0.289 e. The number of halogens is 3. The third-order valence-electron chi connectivity index (χ3n) is 7.29. The maximum atomic E-state index is 13.7. The minimum absolute atomic E-state index is 0.0453. The van der Waals surface area contributed by atoms with Crippen LogP contribution in [-0.4, -0.2) is 45.0 Å². The Morgan fingerprint density at radius 1 is 1.00 bits per heavy atom. The number of hydrogen-bond donors (Lipinski definition) is 1. The molecule has 3 aromatic carbocycles. The molecule has 46 heavy (non-hydrogen) atoms. The number of amides is 1. The largest absolute Gasteiger partial charge is 0.416 e. The van der Waals surface area contributed by atoms with Gasteiger partial charge in [0.15, 0.2) is 15.5 Å². The first kappa shape index (κ1) is 30.2. The summed E-state index contributed by atoms with van der Waals surface area (Å²) in [6.45, 7) is 1.75. The van der Waals surface area contributed by atoms with E-state index in [4.69, 9.17) is 0 Å². The Morgan fingerprint density at radius 3 is 2.37 bits per heavy atom. The highest BCUT2D eigenvalue weighted by molar-refractivity contribution is 7.90. The molecule has 0 spiro atoms. The number of sulfone groups is 1. The molecule has 0 aliphatic heterocycles. The number of rotatable bonds is 6. The Hall–Kier alpha value is -5.81. The van der Waals surface area contributed by atoms with Crippen LogP contribution in [0.1, 0.15) is 27.0 Å². The number of aromatic nitrogens is 5. The highest BCUT2D eigenvalue weighted by Gasteiger charge is 2.31. The molecule has 0 aliphatic carbocycles. The standard InChI is InChI=1S/C32H22F3N7O3S/c1-19-26(27-14-15-37-42(27)24-10-6-20(17-36)7-11-24)18-41-29(28(19)22-4-3-5-23(16-22)32(33,34)35)38-31(40-41)39-30(43)21-8-12-25(13-9-21)46(2,44)45/h3-16,18H,1-2H3,(H,39,40,43). The molecule has 0 fully saturated rings. The Kier molecular flexibility index (Phi) is 7.41. The van der Waals surface area contributed by atoms with Gasteiger partial charge in [0.05, 0.1) is 39.7 Å². The molecule has 3 aromatic heterocycles. The van der Waals surface area contributed by atoms with Gasteiger partial charge in [-0.2, -0.15) is 28.5 Å². The average molecular weight is 642 g/mol. The van der Waals surface area contributed by atoms with Crippen LogP contribution in [0.15, 0.2) is 96.2 Å². The van der Waals surface area contributed by atoms with Crippen LogP contribution in [0, 0.1) is 18.3 Å². The van der Waals surface area contributed by atoms with E-state index in [1.807, 2.05) is 0 Å². The molecule has 3 heterocycles. The first-order valence-electron chi connectivity index (χ1n) is 13.6. The van der Waals surface area contributed by atoms with E-state index >= 15 is 0 Å².